The van der Waals surface area contributed by atoms with Crippen LogP contribution in [0.25, 0.3) is 12.2 Å². The highest BCUT2D eigenvalue weighted by Gasteiger charge is 2.18. The molecule has 0 spiro atoms. The minimum absolute atomic E-state index is 0.133. The summed E-state index contributed by atoms with van der Waals surface area (Å²) >= 11 is 1.41. The van der Waals surface area contributed by atoms with Crippen molar-refractivity contribution in [3.63, 3.8) is 0 Å². The van der Waals surface area contributed by atoms with Gasteiger partial charge in [-0.3, -0.25) is 14.6 Å². The van der Waals surface area contributed by atoms with Gasteiger partial charge in [-0.25, -0.2) is 0 Å². The normalized spacial score (nSPS) is 14.7. The van der Waals surface area contributed by atoms with Crippen molar-refractivity contribution in [1.29, 1.82) is 0 Å². The Morgan fingerprint density at radius 2 is 1.85 bits per heavy atom. The van der Waals surface area contributed by atoms with Crippen LogP contribution in [0.15, 0.2) is 30.5 Å². The quantitative estimate of drug-likeness (QED) is 0.774. The highest BCUT2D eigenvalue weighted by atomic mass is 32.1. The second-order valence-electron chi connectivity index (χ2n) is 6.02. The minimum Gasteiger partial charge on any atom is -0.416 e. The van der Waals surface area contributed by atoms with E-state index in [0.717, 1.165) is 42.4 Å². The summed E-state index contributed by atoms with van der Waals surface area (Å²) in [5, 5.41) is 0.588. The van der Waals surface area contributed by atoms with E-state index in [1.165, 1.54) is 18.3 Å². The van der Waals surface area contributed by atoms with Gasteiger partial charge in [-0.05, 0) is 36.4 Å². The van der Waals surface area contributed by atoms with Gasteiger partial charge in [0.05, 0.1) is 17.6 Å². The van der Waals surface area contributed by atoms with Gasteiger partial charge in [0.2, 0.25) is 5.91 Å². The zero-order chi connectivity index (χ0) is 18.5. The summed E-state index contributed by atoms with van der Waals surface area (Å²) in [5.74, 6) is -0.183. The van der Waals surface area contributed by atoms with Crippen molar-refractivity contribution in [2.45, 2.75) is 13.8 Å². The van der Waals surface area contributed by atoms with E-state index in [9.17, 15) is 9.59 Å². The third-order valence-electron chi connectivity index (χ3n) is 4.13. The molecule has 0 saturated carbocycles. The molecule has 0 aromatic carbocycles. The topological polar surface area (TPSA) is 62.7 Å². The van der Waals surface area contributed by atoms with Crippen molar-refractivity contribution in [1.82, 2.24) is 9.88 Å². The van der Waals surface area contributed by atoms with E-state index < -0.39 is 0 Å². The molecule has 1 amide bonds. The molecule has 1 fully saturated rings. The number of carbonyl (C=O) groups is 2. The maximum absolute atomic E-state index is 11.4. The number of rotatable bonds is 4. The van der Waals surface area contributed by atoms with Crippen LogP contribution in [0.4, 0.5) is 5.69 Å². The highest BCUT2D eigenvalue weighted by molar-refractivity contribution is 7.14. The Labute approximate surface area is 156 Å². The lowest BCUT2D eigenvalue weighted by atomic mass is 10.2. The molecule has 1 aliphatic heterocycles. The predicted molar refractivity (Wildman–Crippen MR) is 103 cm³/mol. The average molecular weight is 371 g/mol. The van der Waals surface area contributed by atoms with Crippen molar-refractivity contribution in [2.75, 3.05) is 31.1 Å². The first kappa shape index (κ1) is 18.1. The molecule has 0 bridgehead atoms. The minimum atomic E-state index is -0.316. The number of anilines is 1. The van der Waals surface area contributed by atoms with Crippen LogP contribution in [0.1, 0.15) is 24.4 Å². The summed E-state index contributed by atoms with van der Waals surface area (Å²) in [6, 6.07) is 7.71. The number of nitrogens with zero attached hydrogens (tertiary/aromatic N) is 3. The van der Waals surface area contributed by atoms with Crippen molar-refractivity contribution < 1.29 is 14.3 Å². The van der Waals surface area contributed by atoms with Crippen LogP contribution in [0, 0.1) is 0 Å². The number of hydrogen-bond acceptors (Lipinski definition) is 6. The Bertz CT molecular complexity index is 806. The maximum Gasteiger partial charge on any atom is 0.308 e. The fraction of sp³-hybridized carbons (Fsp3) is 0.316. The van der Waals surface area contributed by atoms with Gasteiger partial charge in [-0.1, -0.05) is 11.3 Å². The zero-order valence-corrected chi connectivity index (χ0v) is 15.7. The molecule has 0 atom stereocenters. The van der Waals surface area contributed by atoms with Crippen LogP contribution < -0.4 is 9.64 Å². The van der Waals surface area contributed by atoms with Gasteiger partial charge in [0.15, 0.2) is 5.06 Å². The van der Waals surface area contributed by atoms with E-state index in [1.807, 2.05) is 35.4 Å². The molecule has 136 valence electrons. The molecule has 0 radical (unpaired) electrons. The molecule has 0 N–H and O–H groups in total. The van der Waals surface area contributed by atoms with E-state index in [-0.39, 0.29) is 11.9 Å². The van der Waals surface area contributed by atoms with Crippen LogP contribution in [0.2, 0.25) is 0 Å². The molecule has 1 aliphatic rings. The van der Waals surface area contributed by atoms with Crippen LogP contribution in [-0.2, 0) is 9.59 Å². The zero-order valence-electron chi connectivity index (χ0n) is 14.8. The fourth-order valence-corrected chi connectivity index (χ4v) is 3.55. The summed E-state index contributed by atoms with van der Waals surface area (Å²) in [4.78, 5) is 31.9. The van der Waals surface area contributed by atoms with E-state index in [4.69, 9.17) is 4.74 Å². The number of aromatic nitrogens is 1. The predicted octanol–water partition coefficient (Wildman–Crippen LogP) is 2.91. The van der Waals surface area contributed by atoms with Crippen molar-refractivity contribution in [2.24, 2.45) is 0 Å². The summed E-state index contributed by atoms with van der Waals surface area (Å²) < 4.78 is 5.05. The number of hydrogen-bond donors (Lipinski definition) is 0. The number of esters is 1. The first-order valence-corrected chi connectivity index (χ1v) is 9.26. The Kier molecular flexibility index (Phi) is 5.68. The smallest absolute Gasteiger partial charge is 0.308 e. The van der Waals surface area contributed by atoms with Crippen LogP contribution >= 0.6 is 11.3 Å². The van der Waals surface area contributed by atoms with Crippen molar-refractivity contribution in [3.8, 4) is 5.06 Å². The van der Waals surface area contributed by atoms with Crippen LogP contribution in [0.5, 0.6) is 5.06 Å². The monoisotopic (exact) mass is 371 g/mol. The SMILES string of the molecule is CC(=O)Oc1ccc(C=Cc2ccc(N3CCN(C(C)=O)CC3)cn2)s1. The standard InChI is InChI=1S/C19H21N3O3S/c1-14(23)21-9-11-22(12-10-21)17-5-3-16(20-13-17)4-6-18-7-8-19(26-18)25-15(2)24/h3-8,13H,9-12H2,1-2H3. The third kappa shape index (κ3) is 4.70. The molecular weight excluding hydrogens is 350 g/mol. The average Bonchev–Trinajstić information content (AvgIpc) is 3.07. The Morgan fingerprint density at radius 3 is 2.46 bits per heavy atom. The van der Waals surface area contributed by atoms with Crippen molar-refractivity contribution >= 4 is 41.1 Å². The van der Waals surface area contributed by atoms with Gasteiger partial charge in [-0.2, -0.15) is 0 Å². The van der Waals surface area contributed by atoms with Gasteiger partial charge >= 0.3 is 5.97 Å². The summed E-state index contributed by atoms with van der Waals surface area (Å²) in [5.41, 5.74) is 1.93. The molecule has 6 nitrogen and oxygen atoms in total. The molecule has 26 heavy (non-hydrogen) atoms. The van der Waals surface area contributed by atoms with Crippen molar-refractivity contribution in [3.05, 3.63) is 41.0 Å². The molecule has 0 unspecified atom stereocenters. The lowest BCUT2D eigenvalue weighted by Gasteiger charge is -2.35. The Balaban J connectivity index is 1.58. The van der Waals surface area contributed by atoms with Gasteiger partial charge in [0.25, 0.3) is 0 Å². The second-order valence-corrected chi connectivity index (χ2v) is 7.10. The van der Waals surface area contributed by atoms with E-state index in [2.05, 4.69) is 16.0 Å². The molecule has 3 heterocycles. The number of piperazine rings is 1. The first-order valence-electron chi connectivity index (χ1n) is 8.44. The molecule has 3 rings (SSSR count). The number of ether oxygens (including phenoxy) is 1. The maximum atomic E-state index is 11.4. The number of amides is 1. The van der Waals surface area contributed by atoms with E-state index >= 15 is 0 Å². The second kappa shape index (κ2) is 8.14. The Hall–Kier alpha value is -2.67. The number of carbonyl (C=O) groups excluding carboxylic acids is 2. The lowest BCUT2D eigenvalue weighted by Crippen LogP contribution is -2.48. The Morgan fingerprint density at radius 1 is 1.08 bits per heavy atom. The highest BCUT2D eigenvalue weighted by Crippen LogP contribution is 2.26. The molecule has 1 saturated heterocycles. The lowest BCUT2D eigenvalue weighted by molar-refractivity contribution is -0.131. The van der Waals surface area contributed by atoms with Gasteiger partial charge in [0.1, 0.15) is 0 Å². The largest absolute Gasteiger partial charge is 0.416 e. The fourth-order valence-electron chi connectivity index (χ4n) is 2.75. The molecular formula is C19H21N3O3S. The van der Waals surface area contributed by atoms with Gasteiger partial charge in [0, 0.05) is 44.9 Å². The number of thiophene rings is 1. The third-order valence-corrected chi connectivity index (χ3v) is 5.05. The van der Waals surface area contributed by atoms with Gasteiger partial charge < -0.3 is 14.5 Å². The molecule has 2 aromatic rings. The van der Waals surface area contributed by atoms with E-state index in [1.54, 1.807) is 13.0 Å². The summed E-state index contributed by atoms with van der Waals surface area (Å²) in [6.45, 7) is 6.15. The van der Waals surface area contributed by atoms with Crippen LogP contribution in [-0.4, -0.2) is 47.9 Å². The molecule has 2 aromatic heterocycles. The van der Waals surface area contributed by atoms with Gasteiger partial charge in [-0.15, -0.1) is 0 Å². The number of pyridine rings is 1. The van der Waals surface area contributed by atoms with Crippen LogP contribution in [0.3, 0.4) is 0 Å². The first-order chi connectivity index (χ1) is 12.5. The summed E-state index contributed by atoms with van der Waals surface area (Å²) in [6.07, 6.45) is 5.74. The molecule has 0 aliphatic carbocycles. The summed E-state index contributed by atoms with van der Waals surface area (Å²) in [7, 11) is 0. The van der Waals surface area contributed by atoms with E-state index in [0.29, 0.717) is 5.06 Å². The molecule has 7 heteroatoms.